The molecule has 0 saturated carbocycles. The third-order valence-corrected chi connectivity index (χ3v) is 6.10. The summed E-state index contributed by atoms with van der Waals surface area (Å²) in [5.74, 6) is 1.67. The Morgan fingerprint density at radius 1 is 1.06 bits per heavy atom. The van der Waals surface area contributed by atoms with Gasteiger partial charge in [-0.3, -0.25) is 14.8 Å². The summed E-state index contributed by atoms with van der Waals surface area (Å²) < 4.78 is 16.8. The summed E-state index contributed by atoms with van der Waals surface area (Å²) in [6, 6.07) is 12.9. The van der Waals surface area contributed by atoms with E-state index in [4.69, 9.17) is 13.9 Å². The van der Waals surface area contributed by atoms with Gasteiger partial charge in [-0.05, 0) is 18.2 Å². The third kappa shape index (κ3) is 3.34. The summed E-state index contributed by atoms with van der Waals surface area (Å²) in [5.41, 5.74) is 4.25. The Kier molecular flexibility index (Phi) is 5.16. The van der Waals surface area contributed by atoms with E-state index in [1.165, 1.54) is 6.39 Å². The number of anilines is 1. The average molecular weight is 459 g/mol. The number of benzene rings is 2. The van der Waals surface area contributed by atoms with Crippen LogP contribution < -0.4 is 14.4 Å². The number of amides is 1. The highest BCUT2D eigenvalue weighted by Crippen LogP contribution is 2.48. The minimum Gasteiger partial charge on any atom is -0.496 e. The summed E-state index contributed by atoms with van der Waals surface area (Å²) in [6.45, 7) is 6.30. The Labute approximate surface area is 197 Å². The predicted octanol–water partition coefficient (Wildman–Crippen LogP) is 5.13. The Balaban J connectivity index is 1.71. The smallest absolute Gasteiger partial charge is 0.280 e. The van der Waals surface area contributed by atoms with Crippen LogP contribution in [0.1, 0.15) is 54.1 Å². The van der Waals surface area contributed by atoms with Gasteiger partial charge in [0.1, 0.15) is 11.5 Å². The zero-order valence-corrected chi connectivity index (χ0v) is 19.7. The SMILES string of the molecule is COc1cc(N2C(=O)c3n[nH]c(C(C)(C)C)c3C2c2ccccc2OC)ccc1-c1cnco1. The first-order chi connectivity index (χ1) is 16.3. The lowest BCUT2D eigenvalue weighted by molar-refractivity contribution is 0.0988. The fourth-order valence-corrected chi connectivity index (χ4v) is 4.55. The third-order valence-electron chi connectivity index (χ3n) is 6.10. The first kappa shape index (κ1) is 21.8. The standard InChI is InChI=1S/C26H26N4O4/c1-26(2,3)24-21-22(28-29-24)25(31)30(23(21)17-8-6-7-9-18(17)32-4)15-10-11-16(19(12-15)33-5)20-13-27-14-34-20/h6-14,23H,1-5H3,(H,28,29). The van der Waals surface area contributed by atoms with Crippen LogP contribution in [-0.4, -0.2) is 35.3 Å². The molecule has 4 aromatic rings. The Morgan fingerprint density at radius 3 is 2.50 bits per heavy atom. The maximum atomic E-state index is 13.8. The van der Waals surface area contributed by atoms with Crippen molar-refractivity contribution >= 4 is 11.6 Å². The van der Waals surface area contributed by atoms with Gasteiger partial charge in [0, 0.05) is 34.0 Å². The summed E-state index contributed by atoms with van der Waals surface area (Å²) in [7, 11) is 3.22. The van der Waals surface area contributed by atoms with Gasteiger partial charge in [-0.25, -0.2) is 4.98 Å². The molecule has 0 bridgehead atoms. The van der Waals surface area contributed by atoms with Gasteiger partial charge in [0.2, 0.25) is 0 Å². The van der Waals surface area contributed by atoms with Gasteiger partial charge in [-0.15, -0.1) is 0 Å². The molecule has 1 aliphatic rings. The number of ether oxygens (including phenoxy) is 2. The summed E-state index contributed by atoms with van der Waals surface area (Å²) in [5, 5.41) is 7.56. The molecule has 2 aromatic heterocycles. The normalized spacial score (nSPS) is 15.5. The van der Waals surface area contributed by atoms with Crippen molar-refractivity contribution < 1.29 is 18.7 Å². The number of aromatic amines is 1. The Morgan fingerprint density at radius 2 is 1.82 bits per heavy atom. The van der Waals surface area contributed by atoms with Gasteiger partial charge in [0.25, 0.3) is 5.91 Å². The van der Waals surface area contributed by atoms with Crippen molar-refractivity contribution in [3.63, 3.8) is 0 Å². The van der Waals surface area contributed by atoms with E-state index in [9.17, 15) is 4.79 Å². The number of aromatic nitrogens is 3. The second kappa shape index (κ2) is 8.06. The molecular weight excluding hydrogens is 432 g/mol. The maximum Gasteiger partial charge on any atom is 0.280 e. The number of oxazole rings is 1. The van der Waals surface area contributed by atoms with E-state index in [-0.39, 0.29) is 11.3 Å². The number of para-hydroxylation sites is 1. The number of nitrogens with zero attached hydrogens (tertiary/aromatic N) is 3. The molecule has 0 saturated heterocycles. The highest BCUT2D eigenvalue weighted by molar-refractivity contribution is 6.11. The second-order valence-electron chi connectivity index (χ2n) is 9.18. The number of rotatable bonds is 5. The molecule has 1 atom stereocenters. The number of H-pyrrole nitrogens is 1. The van der Waals surface area contributed by atoms with E-state index in [1.54, 1.807) is 25.3 Å². The van der Waals surface area contributed by atoms with E-state index in [0.29, 0.717) is 28.6 Å². The van der Waals surface area contributed by atoms with Crippen LogP contribution in [0.25, 0.3) is 11.3 Å². The first-order valence-corrected chi connectivity index (χ1v) is 11.0. The molecule has 0 spiro atoms. The van der Waals surface area contributed by atoms with Gasteiger partial charge in [0.15, 0.2) is 17.8 Å². The molecule has 1 amide bonds. The van der Waals surface area contributed by atoms with Crippen LogP contribution in [-0.2, 0) is 5.41 Å². The molecule has 0 aliphatic carbocycles. The molecular formula is C26H26N4O4. The minimum absolute atomic E-state index is 0.188. The van der Waals surface area contributed by atoms with E-state index in [0.717, 1.165) is 22.4 Å². The van der Waals surface area contributed by atoms with Gasteiger partial charge < -0.3 is 13.9 Å². The van der Waals surface area contributed by atoms with Crippen molar-refractivity contribution in [2.45, 2.75) is 32.2 Å². The van der Waals surface area contributed by atoms with Gasteiger partial charge in [-0.2, -0.15) is 5.10 Å². The zero-order valence-electron chi connectivity index (χ0n) is 19.7. The number of carbonyl (C=O) groups is 1. The zero-order chi connectivity index (χ0) is 24.0. The monoisotopic (exact) mass is 458 g/mol. The van der Waals surface area contributed by atoms with Crippen molar-refractivity contribution in [3.8, 4) is 22.8 Å². The van der Waals surface area contributed by atoms with Crippen LogP contribution >= 0.6 is 0 Å². The van der Waals surface area contributed by atoms with Gasteiger partial charge in [0.05, 0.1) is 32.0 Å². The van der Waals surface area contributed by atoms with E-state index in [2.05, 4.69) is 36.0 Å². The average Bonchev–Trinajstić information content (AvgIpc) is 3.56. The largest absolute Gasteiger partial charge is 0.496 e. The fraction of sp³-hybridized carbons (Fsp3) is 0.269. The van der Waals surface area contributed by atoms with Crippen LogP contribution in [0.4, 0.5) is 5.69 Å². The Bertz CT molecular complexity index is 1350. The molecule has 8 nitrogen and oxygen atoms in total. The lowest BCUT2D eigenvalue weighted by Crippen LogP contribution is -2.30. The van der Waals surface area contributed by atoms with Crippen molar-refractivity contribution in [1.29, 1.82) is 0 Å². The maximum absolute atomic E-state index is 13.8. The highest BCUT2D eigenvalue weighted by Gasteiger charge is 2.46. The summed E-state index contributed by atoms with van der Waals surface area (Å²) >= 11 is 0. The molecule has 1 unspecified atom stereocenters. The van der Waals surface area contributed by atoms with E-state index in [1.807, 2.05) is 42.5 Å². The molecule has 8 heteroatoms. The number of hydrogen-bond acceptors (Lipinski definition) is 6. The molecule has 0 radical (unpaired) electrons. The number of carbonyl (C=O) groups excluding carboxylic acids is 1. The van der Waals surface area contributed by atoms with Gasteiger partial charge in [-0.1, -0.05) is 39.0 Å². The molecule has 0 fully saturated rings. The summed E-state index contributed by atoms with van der Waals surface area (Å²) in [4.78, 5) is 19.5. The number of hydrogen-bond donors (Lipinski definition) is 1. The minimum atomic E-state index is -0.424. The lowest BCUT2D eigenvalue weighted by Gasteiger charge is -2.29. The summed E-state index contributed by atoms with van der Waals surface area (Å²) in [6.07, 6.45) is 3.00. The molecule has 3 heterocycles. The first-order valence-electron chi connectivity index (χ1n) is 11.0. The van der Waals surface area contributed by atoms with Crippen molar-refractivity contribution in [2.24, 2.45) is 0 Å². The Hall–Kier alpha value is -4.07. The molecule has 174 valence electrons. The quantitative estimate of drug-likeness (QED) is 0.446. The van der Waals surface area contributed by atoms with E-state index < -0.39 is 6.04 Å². The number of nitrogens with one attached hydrogen (secondary N) is 1. The van der Waals surface area contributed by atoms with Crippen LogP contribution in [0, 0.1) is 0 Å². The van der Waals surface area contributed by atoms with Crippen LogP contribution in [0.3, 0.4) is 0 Å². The van der Waals surface area contributed by atoms with Crippen LogP contribution in [0.2, 0.25) is 0 Å². The van der Waals surface area contributed by atoms with Crippen LogP contribution in [0.15, 0.2) is 59.5 Å². The lowest BCUT2D eigenvalue weighted by atomic mass is 9.85. The van der Waals surface area contributed by atoms with Gasteiger partial charge >= 0.3 is 0 Å². The molecule has 34 heavy (non-hydrogen) atoms. The van der Waals surface area contributed by atoms with E-state index >= 15 is 0 Å². The highest BCUT2D eigenvalue weighted by atomic mass is 16.5. The predicted molar refractivity (Wildman–Crippen MR) is 127 cm³/mol. The van der Waals surface area contributed by atoms with Crippen LogP contribution in [0.5, 0.6) is 11.5 Å². The molecule has 2 aromatic carbocycles. The molecule has 1 N–H and O–H groups in total. The number of methoxy groups -OCH3 is 2. The van der Waals surface area contributed by atoms with Crippen molar-refractivity contribution in [1.82, 2.24) is 15.2 Å². The molecule has 1 aliphatic heterocycles. The van der Waals surface area contributed by atoms with Crippen molar-refractivity contribution in [2.75, 3.05) is 19.1 Å². The second-order valence-corrected chi connectivity index (χ2v) is 9.18. The number of fused-ring (bicyclic) bond motifs is 1. The fourth-order valence-electron chi connectivity index (χ4n) is 4.55. The van der Waals surface area contributed by atoms with Crippen molar-refractivity contribution in [3.05, 3.63) is 77.6 Å². The molecule has 5 rings (SSSR count). The topological polar surface area (TPSA) is 93.5 Å².